The van der Waals surface area contributed by atoms with Crippen molar-refractivity contribution in [1.82, 2.24) is 20.5 Å². The van der Waals surface area contributed by atoms with Gasteiger partial charge >= 0.3 is 12.1 Å². The van der Waals surface area contributed by atoms with E-state index in [1.165, 1.54) is 0 Å². The molecule has 35 heavy (non-hydrogen) atoms. The molecule has 1 aromatic heterocycles. The minimum atomic E-state index is -0.991. The van der Waals surface area contributed by atoms with Crippen LogP contribution in [0.1, 0.15) is 53.8 Å². The maximum atomic E-state index is 12.6. The first-order valence-corrected chi connectivity index (χ1v) is 11.4. The van der Waals surface area contributed by atoms with Gasteiger partial charge in [0.1, 0.15) is 6.61 Å². The predicted molar refractivity (Wildman–Crippen MR) is 126 cm³/mol. The summed E-state index contributed by atoms with van der Waals surface area (Å²) in [5.74, 6) is -1.81. The summed E-state index contributed by atoms with van der Waals surface area (Å²) in [6, 6.07) is 16.1. The minimum Gasteiger partial charge on any atom is -0.481 e. The lowest BCUT2D eigenvalue weighted by molar-refractivity contribution is -0.138. The average Bonchev–Trinajstić information content (AvgIpc) is 3.51. The lowest BCUT2D eigenvalue weighted by atomic mass is 9.91. The third kappa shape index (κ3) is 4.59. The molecule has 2 aliphatic rings. The summed E-state index contributed by atoms with van der Waals surface area (Å²) >= 11 is 0. The fraction of sp³-hybridized carbons (Fsp3) is 0.320. The number of amides is 2. The summed E-state index contributed by atoms with van der Waals surface area (Å²) in [6.07, 6.45) is 0.776. The molecule has 1 atom stereocenters. The van der Waals surface area contributed by atoms with Crippen molar-refractivity contribution in [2.24, 2.45) is 5.92 Å². The van der Waals surface area contributed by atoms with Gasteiger partial charge in [-0.1, -0.05) is 48.5 Å². The number of carboxylic acids is 1. The van der Waals surface area contributed by atoms with Crippen LogP contribution in [-0.2, 0) is 9.53 Å². The van der Waals surface area contributed by atoms with E-state index in [9.17, 15) is 19.5 Å². The lowest BCUT2D eigenvalue weighted by Crippen LogP contribution is -2.49. The highest BCUT2D eigenvalue weighted by Gasteiger charge is 2.44. The maximum absolute atomic E-state index is 12.6. The predicted octanol–water partition coefficient (Wildman–Crippen LogP) is 3.54. The second kappa shape index (κ2) is 8.86. The Kier molecular flexibility index (Phi) is 5.72. The Morgan fingerprint density at radius 2 is 1.71 bits per heavy atom. The van der Waals surface area contributed by atoms with E-state index in [4.69, 9.17) is 4.74 Å². The molecule has 0 radical (unpaired) electrons. The van der Waals surface area contributed by atoms with Crippen LogP contribution in [-0.4, -0.2) is 50.4 Å². The van der Waals surface area contributed by atoms with Gasteiger partial charge in [-0.05, 0) is 47.9 Å². The Bertz CT molecular complexity index is 1260. The number of carboxylic acid groups (broad SMARTS) is 1. The largest absolute Gasteiger partial charge is 0.481 e. The number of hydrogen-bond donors (Lipinski definition) is 4. The van der Waals surface area contributed by atoms with Gasteiger partial charge in [0, 0.05) is 5.92 Å². The number of nitrogens with one attached hydrogen (secondary N) is 3. The summed E-state index contributed by atoms with van der Waals surface area (Å²) in [4.78, 5) is 40.3. The zero-order valence-corrected chi connectivity index (χ0v) is 19.1. The van der Waals surface area contributed by atoms with Crippen molar-refractivity contribution in [2.75, 3.05) is 11.9 Å². The van der Waals surface area contributed by atoms with Crippen LogP contribution in [0.5, 0.6) is 0 Å². The number of ether oxygens (including phenoxy) is 1. The van der Waals surface area contributed by atoms with Crippen molar-refractivity contribution in [3.05, 3.63) is 65.5 Å². The van der Waals surface area contributed by atoms with Gasteiger partial charge in [-0.3, -0.25) is 20.0 Å². The molecule has 2 amide bonds. The highest BCUT2D eigenvalue weighted by molar-refractivity contribution is 5.92. The number of benzene rings is 2. The van der Waals surface area contributed by atoms with Gasteiger partial charge in [-0.2, -0.15) is 4.98 Å². The second-order valence-corrected chi connectivity index (χ2v) is 9.17. The standard InChI is InChI=1S/C25H25N5O5/c1-25(12-20(31)32,14-10-11-14)28-22(33)21-26-23(30-29-21)27-24(34)35-13-19-17-8-4-2-6-15(17)16-7-3-5-9-18(16)19/h2-9,14,19H,10-13H2,1H3,(H,28,33)(H,31,32)(H2,26,27,29,30,34). The van der Waals surface area contributed by atoms with Gasteiger partial charge in [0.2, 0.25) is 5.82 Å². The smallest absolute Gasteiger partial charge is 0.414 e. The zero-order chi connectivity index (χ0) is 24.6. The van der Waals surface area contributed by atoms with E-state index in [1.54, 1.807) is 6.92 Å². The molecule has 1 fully saturated rings. The molecule has 10 nitrogen and oxygen atoms in total. The summed E-state index contributed by atoms with van der Waals surface area (Å²) in [5.41, 5.74) is 3.57. The molecule has 0 bridgehead atoms. The number of rotatable bonds is 8. The Balaban J connectivity index is 1.20. The number of nitrogens with zero attached hydrogens (tertiary/aromatic N) is 2. The van der Waals surface area contributed by atoms with Crippen molar-refractivity contribution < 1.29 is 24.2 Å². The van der Waals surface area contributed by atoms with Gasteiger partial charge < -0.3 is 15.2 Å². The Hall–Kier alpha value is -4.21. The van der Waals surface area contributed by atoms with Crippen molar-refractivity contribution in [3.8, 4) is 11.1 Å². The minimum absolute atomic E-state index is 0.0871. The van der Waals surface area contributed by atoms with Crippen LogP contribution >= 0.6 is 0 Å². The molecule has 180 valence electrons. The quantitative estimate of drug-likeness (QED) is 0.390. The molecule has 2 aliphatic carbocycles. The molecule has 0 saturated heterocycles. The molecular formula is C25H25N5O5. The number of carbonyl (C=O) groups excluding carboxylic acids is 2. The van der Waals surface area contributed by atoms with Gasteiger partial charge in [-0.15, -0.1) is 5.10 Å². The van der Waals surface area contributed by atoms with E-state index in [2.05, 4.69) is 37.9 Å². The molecule has 1 heterocycles. The van der Waals surface area contributed by atoms with Crippen LogP contribution in [0.2, 0.25) is 0 Å². The van der Waals surface area contributed by atoms with Crippen LogP contribution in [0.25, 0.3) is 11.1 Å². The Morgan fingerprint density at radius 3 is 2.31 bits per heavy atom. The molecule has 4 N–H and O–H groups in total. The number of fused-ring (bicyclic) bond motifs is 3. The topological polar surface area (TPSA) is 146 Å². The van der Waals surface area contributed by atoms with E-state index in [0.717, 1.165) is 35.1 Å². The Morgan fingerprint density at radius 1 is 1.09 bits per heavy atom. The molecule has 5 rings (SSSR count). The van der Waals surface area contributed by atoms with E-state index >= 15 is 0 Å². The molecule has 1 unspecified atom stereocenters. The number of hydrogen-bond acceptors (Lipinski definition) is 6. The SMILES string of the molecule is CC(CC(=O)O)(NC(=O)c1nc(NC(=O)OCC2c3ccccc3-c3ccccc32)n[nH]1)C1CC1. The first-order chi connectivity index (χ1) is 16.8. The zero-order valence-electron chi connectivity index (χ0n) is 19.1. The van der Waals surface area contributed by atoms with Crippen molar-refractivity contribution in [3.63, 3.8) is 0 Å². The van der Waals surface area contributed by atoms with Gasteiger partial charge in [0.25, 0.3) is 11.9 Å². The van der Waals surface area contributed by atoms with Crippen LogP contribution in [0, 0.1) is 5.92 Å². The Labute approximate surface area is 201 Å². The summed E-state index contributed by atoms with van der Waals surface area (Å²) in [6.45, 7) is 1.84. The molecule has 0 aliphatic heterocycles. The van der Waals surface area contributed by atoms with Gasteiger partial charge in [0.05, 0.1) is 12.0 Å². The molecular weight excluding hydrogens is 450 g/mol. The number of carbonyl (C=O) groups is 3. The number of aliphatic carboxylic acids is 1. The number of aromatic nitrogens is 3. The van der Waals surface area contributed by atoms with Crippen molar-refractivity contribution in [2.45, 2.75) is 37.6 Å². The van der Waals surface area contributed by atoms with Crippen molar-refractivity contribution in [1.29, 1.82) is 0 Å². The van der Waals surface area contributed by atoms with Gasteiger partial charge in [0.15, 0.2) is 0 Å². The third-order valence-electron chi connectivity index (χ3n) is 6.65. The maximum Gasteiger partial charge on any atom is 0.414 e. The third-order valence-corrected chi connectivity index (χ3v) is 6.65. The van der Waals surface area contributed by atoms with E-state index in [-0.39, 0.29) is 36.6 Å². The number of H-pyrrole nitrogens is 1. The highest BCUT2D eigenvalue weighted by atomic mass is 16.5. The summed E-state index contributed by atoms with van der Waals surface area (Å²) in [7, 11) is 0. The van der Waals surface area contributed by atoms with E-state index < -0.39 is 23.5 Å². The first kappa shape index (κ1) is 22.6. The molecule has 10 heteroatoms. The number of anilines is 1. The lowest BCUT2D eigenvalue weighted by Gasteiger charge is -2.28. The van der Waals surface area contributed by atoms with Gasteiger partial charge in [-0.25, -0.2) is 4.79 Å². The molecule has 1 saturated carbocycles. The summed E-state index contributed by atoms with van der Waals surface area (Å²) in [5, 5.41) is 20.7. The van der Waals surface area contributed by atoms with Crippen LogP contribution < -0.4 is 10.6 Å². The fourth-order valence-corrected chi connectivity index (χ4v) is 4.79. The van der Waals surface area contributed by atoms with Crippen LogP contribution in [0.15, 0.2) is 48.5 Å². The van der Waals surface area contributed by atoms with E-state index in [0.29, 0.717) is 0 Å². The summed E-state index contributed by atoms with van der Waals surface area (Å²) < 4.78 is 5.47. The van der Waals surface area contributed by atoms with Crippen LogP contribution in [0.3, 0.4) is 0 Å². The van der Waals surface area contributed by atoms with Crippen LogP contribution in [0.4, 0.5) is 10.7 Å². The molecule has 3 aromatic rings. The molecule has 2 aromatic carbocycles. The highest BCUT2D eigenvalue weighted by Crippen LogP contribution is 2.44. The fourth-order valence-electron chi connectivity index (χ4n) is 4.79. The monoisotopic (exact) mass is 475 g/mol. The average molecular weight is 476 g/mol. The normalized spacial score (nSPS) is 16.0. The first-order valence-electron chi connectivity index (χ1n) is 11.4. The van der Waals surface area contributed by atoms with E-state index in [1.807, 2.05) is 36.4 Å². The second-order valence-electron chi connectivity index (χ2n) is 9.17. The number of aromatic amines is 1. The molecule has 0 spiro atoms. The van der Waals surface area contributed by atoms with Crippen molar-refractivity contribution >= 4 is 23.9 Å².